The summed E-state index contributed by atoms with van der Waals surface area (Å²) in [6.07, 6.45) is 0.888. The molecule has 0 saturated heterocycles. The van der Waals surface area contributed by atoms with Gasteiger partial charge in [0.15, 0.2) is 11.6 Å². The van der Waals surface area contributed by atoms with E-state index in [-0.39, 0.29) is 24.3 Å². The normalized spacial score (nSPS) is 10.2. The first kappa shape index (κ1) is 13.9. The predicted molar refractivity (Wildman–Crippen MR) is 67.0 cm³/mol. The van der Waals surface area contributed by atoms with Crippen molar-refractivity contribution in [2.24, 2.45) is 0 Å². The van der Waals surface area contributed by atoms with Crippen LogP contribution in [0.3, 0.4) is 0 Å². The summed E-state index contributed by atoms with van der Waals surface area (Å²) in [4.78, 5) is 18.2. The smallest absolute Gasteiger partial charge is 0.318 e. The van der Waals surface area contributed by atoms with Gasteiger partial charge in [0, 0.05) is 6.92 Å². The van der Waals surface area contributed by atoms with Gasteiger partial charge in [-0.15, -0.1) is 0 Å². The average molecular weight is 279 g/mol. The summed E-state index contributed by atoms with van der Waals surface area (Å²) < 4.78 is 31.5. The van der Waals surface area contributed by atoms with Gasteiger partial charge >= 0.3 is 6.01 Å². The molecule has 0 fully saturated rings. The summed E-state index contributed by atoms with van der Waals surface area (Å²) in [7, 11) is 0. The second-order valence-corrected chi connectivity index (χ2v) is 3.95. The third kappa shape index (κ3) is 3.71. The number of aromatic nitrogens is 2. The first-order valence-electron chi connectivity index (χ1n) is 5.72. The van der Waals surface area contributed by atoms with Crippen LogP contribution in [0.1, 0.15) is 12.5 Å². The van der Waals surface area contributed by atoms with Crippen LogP contribution in [-0.4, -0.2) is 15.9 Å². The van der Waals surface area contributed by atoms with Crippen LogP contribution < -0.4 is 10.1 Å². The highest BCUT2D eigenvalue weighted by Crippen LogP contribution is 2.14. The van der Waals surface area contributed by atoms with Gasteiger partial charge in [0.1, 0.15) is 12.4 Å². The van der Waals surface area contributed by atoms with E-state index in [0.717, 1.165) is 6.20 Å². The molecule has 2 aromatic rings. The van der Waals surface area contributed by atoms with E-state index < -0.39 is 11.7 Å². The minimum Gasteiger partial charge on any atom is -0.459 e. The van der Waals surface area contributed by atoms with Gasteiger partial charge in [-0.1, -0.05) is 12.1 Å². The molecule has 1 aromatic heterocycles. The number of halogens is 2. The Balaban J connectivity index is 2.08. The van der Waals surface area contributed by atoms with E-state index in [2.05, 4.69) is 15.3 Å². The number of nitrogens with one attached hydrogen (secondary N) is 1. The van der Waals surface area contributed by atoms with E-state index in [9.17, 15) is 13.6 Å². The van der Waals surface area contributed by atoms with E-state index in [1.807, 2.05) is 0 Å². The van der Waals surface area contributed by atoms with Crippen LogP contribution in [0.15, 0.2) is 30.5 Å². The van der Waals surface area contributed by atoms with Gasteiger partial charge in [0.2, 0.25) is 5.91 Å². The highest BCUT2D eigenvalue weighted by molar-refractivity contribution is 5.87. The molecule has 1 amide bonds. The molecule has 0 bridgehead atoms. The predicted octanol–water partition coefficient (Wildman–Crippen LogP) is 2.29. The summed E-state index contributed by atoms with van der Waals surface area (Å²) in [5.74, 6) is -1.87. The SMILES string of the molecule is CC(=O)Nc1nc(OCc2cccc(F)c2)ncc1F. The average Bonchev–Trinajstić information content (AvgIpc) is 2.39. The van der Waals surface area contributed by atoms with Gasteiger partial charge < -0.3 is 10.1 Å². The van der Waals surface area contributed by atoms with Crippen LogP contribution >= 0.6 is 0 Å². The standard InChI is InChI=1S/C13H11F2N3O2/c1-8(19)17-12-11(15)6-16-13(18-12)20-7-9-3-2-4-10(14)5-9/h2-6H,7H2,1H3,(H,16,17,18,19). The third-order valence-corrected chi connectivity index (χ3v) is 2.27. The maximum absolute atomic E-state index is 13.3. The zero-order chi connectivity index (χ0) is 14.5. The fourth-order valence-electron chi connectivity index (χ4n) is 1.45. The molecular weight excluding hydrogens is 268 g/mol. The first-order valence-corrected chi connectivity index (χ1v) is 5.72. The lowest BCUT2D eigenvalue weighted by molar-refractivity contribution is -0.114. The highest BCUT2D eigenvalue weighted by atomic mass is 19.1. The van der Waals surface area contributed by atoms with Crippen molar-refractivity contribution in [3.63, 3.8) is 0 Å². The summed E-state index contributed by atoms with van der Waals surface area (Å²) in [6, 6.07) is 5.72. The Morgan fingerprint density at radius 2 is 2.20 bits per heavy atom. The zero-order valence-corrected chi connectivity index (χ0v) is 10.6. The molecule has 2 rings (SSSR count). The number of hydrogen-bond donors (Lipinski definition) is 1. The minimum absolute atomic E-state index is 0.0307. The third-order valence-electron chi connectivity index (χ3n) is 2.27. The molecule has 1 aromatic carbocycles. The van der Waals surface area contributed by atoms with Crippen molar-refractivity contribution in [1.82, 2.24) is 9.97 Å². The number of amides is 1. The van der Waals surface area contributed by atoms with Crippen molar-refractivity contribution in [2.45, 2.75) is 13.5 Å². The lowest BCUT2D eigenvalue weighted by Gasteiger charge is -2.07. The number of ether oxygens (including phenoxy) is 1. The molecule has 0 aliphatic rings. The fraction of sp³-hybridized carbons (Fsp3) is 0.154. The largest absolute Gasteiger partial charge is 0.459 e. The Bertz CT molecular complexity index is 635. The Kier molecular flexibility index (Phi) is 4.19. The number of anilines is 1. The lowest BCUT2D eigenvalue weighted by atomic mass is 10.2. The summed E-state index contributed by atoms with van der Waals surface area (Å²) >= 11 is 0. The lowest BCUT2D eigenvalue weighted by Crippen LogP contribution is -2.11. The number of carbonyl (C=O) groups excluding carboxylic acids is 1. The van der Waals surface area contributed by atoms with Gasteiger partial charge in [-0.05, 0) is 17.7 Å². The van der Waals surface area contributed by atoms with E-state index in [4.69, 9.17) is 4.74 Å². The van der Waals surface area contributed by atoms with Gasteiger partial charge in [0.05, 0.1) is 6.20 Å². The van der Waals surface area contributed by atoms with Crippen LogP contribution in [0.25, 0.3) is 0 Å². The van der Waals surface area contributed by atoms with E-state index >= 15 is 0 Å². The number of nitrogens with zero attached hydrogens (tertiary/aromatic N) is 2. The summed E-state index contributed by atoms with van der Waals surface area (Å²) in [5.41, 5.74) is 0.582. The first-order chi connectivity index (χ1) is 9.54. The number of carbonyl (C=O) groups is 1. The summed E-state index contributed by atoms with van der Waals surface area (Å²) in [5, 5.41) is 2.22. The molecule has 0 spiro atoms. The number of rotatable bonds is 4. The molecule has 104 valence electrons. The van der Waals surface area contributed by atoms with E-state index in [0.29, 0.717) is 5.56 Å². The molecule has 7 heteroatoms. The number of hydrogen-bond acceptors (Lipinski definition) is 4. The van der Waals surface area contributed by atoms with Crippen molar-refractivity contribution < 1.29 is 18.3 Å². The fourth-order valence-corrected chi connectivity index (χ4v) is 1.45. The quantitative estimate of drug-likeness (QED) is 0.932. The van der Waals surface area contributed by atoms with Crippen LogP contribution in [0.4, 0.5) is 14.6 Å². The van der Waals surface area contributed by atoms with Crippen molar-refractivity contribution in [3.05, 3.63) is 47.7 Å². The Labute approximate surface area is 113 Å². The molecule has 1 N–H and O–H groups in total. The maximum atomic E-state index is 13.3. The summed E-state index contributed by atoms with van der Waals surface area (Å²) in [6.45, 7) is 1.26. The van der Waals surface area contributed by atoms with Crippen molar-refractivity contribution >= 4 is 11.7 Å². The molecule has 1 heterocycles. The van der Waals surface area contributed by atoms with Crippen molar-refractivity contribution in [3.8, 4) is 6.01 Å². The van der Waals surface area contributed by atoms with Crippen LogP contribution in [0.2, 0.25) is 0 Å². The molecule has 0 saturated carbocycles. The zero-order valence-electron chi connectivity index (χ0n) is 10.6. The second-order valence-electron chi connectivity index (χ2n) is 3.95. The van der Waals surface area contributed by atoms with Gasteiger partial charge in [0.25, 0.3) is 0 Å². The molecule has 0 atom stereocenters. The van der Waals surface area contributed by atoms with E-state index in [1.54, 1.807) is 12.1 Å². The van der Waals surface area contributed by atoms with Crippen LogP contribution in [0.5, 0.6) is 6.01 Å². The topological polar surface area (TPSA) is 64.1 Å². The van der Waals surface area contributed by atoms with Crippen LogP contribution in [-0.2, 0) is 11.4 Å². The van der Waals surface area contributed by atoms with Crippen molar-refractivity contribution in [2.75, 3.05) is 5.32 Å². The highest BCUT2D eigenvalue weighted by Gasteiger charge is 2.09. The molecule has 0 unspecified atom stereocenters. The van der Waals surface area contributed by atoms with Crippen LogP contribution in [0, 0.1) is 11.6 Å². The molecule has 0 aliphatic heterocycles. The van der Waals surface area contributed by atoms with Crippen molar-refractivity contribution in [1.29, 1.82) is 0 Å². The second kappa shape index (κ2) is 6.05. The molecule has 5 nitrogen and oxygen atoms in total. The van der Waals surface area contributed by atoms with Gasteiger partial charge in [-0.25, -0.2) is 13.8 Å². The Morgan fingerprint density at radius 1 is 1.40 bits per heavy atom. The maximum Gasteiger partial charge on any atom is 0.318 e. The molecular formula is C13H11F2N3O2. The van der Waals surface area contributed by atoms with Gasteiger partial charge in [-0.2, -0.15) is 4.98 Å². The van der Waals surface area contributed by atoms with Gasteiger partial charge in [-0.3, -0.25) is 4.79 Å². The Hall–Kier alpha value is -2.57. The minimum atomic E-state index is -0.765. The number of benzene rings is 1. The monoisotopic (exact) mass is 279 g/mol. The van der Waals surface area contributed by atoms with E-state index in [1.165, 1.54) is 19.1 Å². The molecule has 0 radical (unpaired) electrons. The molecule has 20 heavy (non-hydrogen) atoms. The Morgan fingerprint density at radius 3 is 2.90 bits per heavy atom. The molecule has 0 aliphatic carbocycles.